The van der Waals surface area contributed by atoms with Crippen LogP contribution in [0.5, 0.6) is 5.75 Å². The molecule has 3 heteroatoms. The van der Waals surface area contributed by atoms with E-state index in [1.165, 1.54) is 35.6 Å². The van der Waals surface area contributed by atoms with Crippen molar-refractivity contribution in [1.82, 2.24) is 4.57 Å². The summed E-state index contributed by atoms with van der Waals surface area (Å²) in [7, 11) is 0. The fourth-order valence-corrected chi connectivity index (χ4v) is 2.83. The average Bonchev–Trinajstić information content (AvgIpc) is 2.53. The maximum absolute atomic E-state index is 11.3. The Morgan fingerprint density at radius 3 is 2.43 bits per heavy atom. The lowest BCUT2D eigenvalue weighted by Gasteiger charge is -2.11. The largest absolute Gasteiger partial charge is 0.503 e. The number of nitrogens with zero attached hydrogens (tertiary/aromatic N) is 1. The summed E-state index contributed by atoms with van der Waals surface area (Å²) in [4.78, 5) is 11.3. The number of unbranched alkanes of at least 4 members (excludes halogenated alkanes) is 3. The molecule has 0 aliphatic carbocycles. The van der Waals surface area contributed by atoms with Crippen LogP contribution in [-0.2, 0) is 13.0 Å². The molecule has 0 fully saturated rings. The number of pyridine rings is 1. The van der Waals surface area contributed by atoms with Gasteiger partial charge in [-0.15, -0.1) is 0 Å². The van der Waals surface area contributed by atoms with Gasteiger partial charge in [0.25, 0.3) is 0 Å². The van der Waals surface area contributed by atoms with Gasteiger partial charge in [0, 0.05) is 18.8 Å². The Morgan fingerprint density at radius 2 is 1.70 bits per heavy atom. The highest BCUT2D eigenvalue weighted by atomic mass is 16.3. The van der Waals surface area contributed by atoms with E-state index >= 15 is 0 Å². The molecule has 23 heavy (non-hydrogen) atoms. The smallest absolute Gasteiger partial charge is 0.223 e. The van der Waals surface area contributed by atoms with Gasteiger partial charge in [0.2, 0.25) is 5.43 Å². The van der Waals surface area contributed by atoms with E-state index in [0.29, 0.717) is 5.69 Å². The van der Waals surface area contributed by atoms with Crippen molar-refractivity contribution < 1.29 is 5.11 Å². The van der Waals surface area contributed by atoms with Crippen molar-refractivity contribution in [2.75, 3.05) is 0 Å². The third kappa shape index (κ3) is 4.72. The minimum absolute atomic E-state index is 0.123. The van der Waals surface area contributed by atoms with Crippen LogP contribution in [0.15, 0.2) is 35.3 Å². The minimum Gasteiger partial charge on any atom is -0.503 e. The molecule has 0 radical (unpaired) electrons. The van der Waals surface area contributed by atoms with E-state index in [1.807, 2.05) is 4.57 Å². The monoisotopic (exact) mass is 313 g/mol. The molecule has 3 nitrogen and oxygen atoms in total. The van der Waals surface area contributed by atoms with Gasteiger partial charge >= 0.3 is 0 Å². The van der Waals surface area contributed by atoms with Crippen molar-refractivity contribution >= 4 is 0 Å². The fourth-order valence-electron chi connectivity index (χ4n) is 2.83. The molecular formula is C20H27NO2. The van der Waals surface area contributed by atoms with Crippen molar-refractivity contribution in [1.29, 1.82) is 0 Å². The van der Waals surface area contributed by atoms with E-state index in [2.05, 4.69) is 32.0 Å². The second-order valence-corrected chi connectivity index (χ2v) is 6.39. The zero-order valence-electron chi connectivity index (χ0n) is 14.4. The Labute approximate surface area is 138 Å². The Hall–Kier alpha value is -2.03. The maximum Gasteiger partial charge on any atom is 0.223 e. The molecule has 0 aliphatic rings. The third-order valence-electron chi connectivity index (χ3n) is 4.60. The first-order valence-electron chi connectivity index (χ1n) is 8.44. The van der Waals surface area contributed by atoms with Crippen LogP contribution in [0.25, 0.3) is 0 Å². The average molecular weight is 313 g/mol. The lowest BCUT2D eigenvalue weighted by molar-refractivity contribution is 0.449. The van der Waals surface area contributed by atoms with Gasteiger partial charge in [0.05, 0.1) is 5.69 Å². The molecular weight excluding hydrogens is 286 g/mol. The number of aromatic hydroxyl groups is 1. The Kier molecular flexibility index (Phi) is 6.03. The first-order valence-corrected chi connectivity index (χ1v) is 8.44. The molecule has 1 heterocycles. The van der Waals surface area contributed by atoms with Crippen LogP contribution >= 0.6 is 0 Å². The molecule has 0 aliphatic heterocycles. The van der Waals surface area contributed by atoms with Crippen LogP contribution in [0.1, 0.15) is 48.1 Å². The number of hydrogen-bond acceptors (Lipinski definition) is 2. The molecule has 124 valence electrons. The Bertz CT molecular complexity index is 716. The van der Waals surface area contributed by atoms with Gasteiger partial charge < -0.3 is 9.67 Å². The highest BCUT2D eigenvalue weighted by Gasteiger charge is 2.04. The van der Waals surface area contributed by atoms with Crippen molar-refractivity contribution in [2.45, 2.75) is 59.4 Å². The highest BCUT2D eigenvalue weighted by Crippen LogP contribution is 2.14. The van der Waals surface area contributed by atoms with Gasteiger partial charge in [-0.3, -0.25) is 4.79 Å². The van der Waals surface area contributed by atoms with E-state index in [-0.39, 0.29) is 11.2 Å². The Balaban J connectivity index is 1.71. The van der Waals surface area contributed by atoms with Crippen molar-refractivity contribution in [2.24, 2.45) is 0 Å². The summed E-state index contributed by atoms with van der Waals surface area (Å²) in [5.41, 5.74) is 4.51. The molecule has 0 unspecified atom stereocenters. The molecule has 0 spiro atoms. The summed E-state index contributed by atoms with van der Waals surface area (Å²) in [6.07, 6.45) is 7.55. The SMILES string of the molecule is Cc1ccc(CCCCCCn2ccc(=O)c(O)c2C)cc1C. The van der Waals surface area contributed by atoms with Crippen LogP contribution in [0.2, 0.25) is 0 Å². The van der Waals surface area contributed by atoms with Gasteiger partial charge in [-0.05, 0) is 56.7 Å². The molecule has 0 saturated heterocycles. The zero-order valence-corrected chi connectivity index (χ0v) is 14.4. The van der Waals surface area contributed by atoms with Gasteiger partial charge in [-0.25, -0.2) is 0 Å². The molecule has 1 aromatic carbocycles. The predicted octanol–water partition coefficient (Wildman–Crippen LogP) is 4.28. The van der Waals surface area contributed by atoms with E-state index in [0.717, 1.165) is 25.8 Å². The van der Waals surface area contributed by atoms with Crippen LogP contribution in [0.4, 0.5) is 0 Å². The molecule has 0 atom stereocenters. The predicted molar refractivity (Wildman–Crippen MR) is 95.2 cm³/mol. The van der Waals surface area contributed by atoms with Crippen LogP contribution in [0, 0.1) is 20.8 Å². The summed E-state index contributed by atoms with van der Waals surface area (Å²) in [6.45, 7) is 6.96. The summed E-state index contributed by atoms with van der Waals surface area (Å²) in [6, 6.07) is 8.16. The lowest BCUT2D eigenvalue weighted by atomic mass is 10.0. The number of benzene rings is 1. The summed E-state index contributed by atoms with van der Waals surface area (Å²) >= 11 is 0. The standard InChI is InChI=1S/C20H27NO2/c1-15-9-10-18(14-16(15)2)8-6-4-5-7-12-21-13-11-19(22)20(23)17(21)3/h9-11,13-14,23H,4-8,12H2,1-3H3. The van der Waals surface area contributed by atoms with Gasteiger partial charge in [-0.2, -0.15) is 0 Å². The van der Waals surface area contributed by atoms with Crippen LogP contribution in [-0.4, -0.2) is 9.67 Å². The topological polar surface area (TPSA) is 42.2 Å². The Morgan fingerprint density at radius 1 is 0.957 bits per heavy atom. The van der Waals surface area contributed by atoms with Gasteiger partial charge in [0.1, 0.15) is 0 Å². The second kappa shape index (κ2) is 8.00. The molecule has 1 aromatic heterocycles. The maximum atomic E-state index is 11.3. The zero-order chi connectivity index (χ0) is 16.8. The molecule has 0 saturated carbocycles. The summed E-state index contributed by atoms with van der Waals surface area (Å²) in [5, 5.41) is 9.66. The third-order valence-corrected chi connectivity index (χ3v) is 4.60. The van der Waals surface area contributed by atoms with Crippen molar-refractivity contribution in [3.8, 4) is 5.75 Å². The van der Waals surface area contributed by atoms with Gasteiger partial charge in [0.15, 0.2) is 5.75 Å². The molecule has 2 aromatic rings. The quantitative estimate of drug-likeness (QED) is 0.775. The second-order valence-electron chi connectivity index (χ2n) is 6.39. The molecule has 0 amide bonds. The van der Waals surface area contributed by atoms with Crippen molar-refractivity contribution in [3.63, 3.8) is 0 Å². The van der Waals surface area contributed by atoms with Crippen molar-refractivity contribution in [3.05, 3.63) is 63.1 Å². The minimum atomic E-state index is -0.299. The van der Waals surface area contributed by atoms with Crippen LogP contribution in [0.3, 0.4) is 0 Å². The fraction of sp³-hybridized carbons (Fsp3) is 0.450. The van der Waals surface area contributed by atoms with E-state index in [1.54, 1.807) is 13.1 Å². The molecule has 1 N–H and O–H groups in total. The first kappa shape index (κ1) is 17.3. The summed E-state index contributed by atoms with van der Waals surface area (Å²) < 4.78 is 1.96. The number of aromatic nitrogens is 1. The van der Waals surface area contributed by atoms with E-state index in [9.17, 15) is 9.90 Å². The molecule has 2 rings (SSSR count). The number of rotatable bonds is 7. The van der Waals surface area contributed by atoms with Crippen LogP contribution < -0.4 is 5.43 Å². The normalized spacial score (nSPS) is 10.9. The van der Waals surface area contributed by atoms with Gasteiger partial charge in [-0.1, -0.05) is 31.0 Å². The summed E-state index contributed by atoms with van der Waals surface area (Å²) in [5.74, 6) is -0.123. The first-order chi connectivity index (χ1) is 11.0. The lowest BCUT2D eigenvalue weighted by Crippen LogP contribution is -2.10. The highest BCUT2D eigenvalue weighted by molar-refractivity contribution is 5.30. The number of aryl methyl sites for hydroxylation is 4. The number of hydrogen-bond donors (Lipinski definition) is 1. The van der Waals surface area contributed by atoms with E-state index in [4.69, 9.17) is 0 Å². The molecule has 0 bridgehead atoms. The van der Waals surface area contributed by atoms with E-state index < -0.39 is 0 Å².